The Bertz CT molecular complexity index is 1600. The highest BCUT2D eigenvalue weighted by Gasteiger charge is 2.38. The van der Waals surface area contributed by atoms with E-state index in [1.807, 2.05) is 38.1 Å². The Labute approximate surface area is 260 Å². The van der Waals surface area contributed by atoms with Crippen molar-refractivity contribution in [2.75, 3.05) is 44.2 Å². The maximum atomic E-state index is 13.9. The first-order chi connectivity index (χ1) is 21.6. The normalized spacial score (nSPS) is 18.4. The Hall–Kier alpha value is -4.63. The first-order valence-corrected chi connectivity index (χ1v) is 15.1. The van der Waals surface area contributed by atoms with E-state index >= 15 is 0 Å². The van der Waals surface area contributed by atoms with Crippen molar-refractivity contribution < 1.29 is 27.5 Å². The smallest absolute Gasteiger partial charge is 0.417 e. The van der Waals surface area contributed by atoms with Gasteiger partial charge in [-0.3, -0.25) is 9.59 Å². The highest BCUT2D eigenvalue weighted by Crippen LogP contribution is 2.36. The zero-order chi connectivity index (χ0) is 32.1. The van der Waals surface area contributed by atoms with Crippen molar-refractivity contribution in [2.45, 2.75) is 44.9 Å². The molecule has 0 bridgehead atoms. The highest BCUT2D eigenvalue weighted by molar-refractivity contribution is 6.02. The number of hydrogen-bond acceptors (Lipinski definition) is 7. The highest BCUT2D eigenvalue weighted by atomic mass is 19.4. The maximum Gasteiger partial charge on any atom is 0.417 e. The van der Waals surface area contributed by atoms with Crippen LogP contribution in [0.15, 0.2) is 54.7 Å². The van der Waals surface area contributed by atoms with Crippen molar-refractivity contribution in [3.63, 3.8) is 0 Å². The summed E-state index contributed by atoms with van der Waals surface area (Å²) in [6.07, 6.45) is -1.76. The van der Waals surface area contributed by atoms with E-state index in [2.05, 4.69) is 20.5 Å². The zero-order valence-corrected chi connectivity index (χ0v) is 25.2. The molecule has 0 saturated carbocycles. The monoisotopic (exact) mass is 620 g/mol. The fraction of sp³-hybridized carbons (Fsp3) is 0.394. The Kier molecular flexibility index (Phi) is 9.58. The molecule has 2 saturated heterocycles. The second kappa shape index (κ2) is 13.6. The molecule has 3 heterocycles. The average molecular weight is 621 g/mol. The molecule has 45 heavy (non-hydrogen) atoms. The number of halogens is 3. The summed E-state index contributed by atoms with van der Waals surface area (Å²) in [4.78, 5) is 35.1. The van der Waals surface area contributed by atoms with Crippen molar-refractivity contribution in [3.8, 4) is 23.1 Å². The number of ether oxygens (including phenoxy) is 1. The van der Waals surface area contributed by atoms with Gasteiger partial charge in [0, 0.05) is 55.7 Å². The molecule has 0 unspecified atom stereocenters. The van der Waals surface area contributed by atoms with Crippen molar-refractivity contribution >= 4 is 17.5 Å². The molecule has 9 nitrogen and oxygen atoms in total. The van der Waals surface area contributed by atoms with Crippen LogP contribution in [0.5, 0.6) is 5.88 Å². The van der Waals surface area contributed by atoms with Gasteiger partial charge in [-0.05, 0) is 74.3 Å². The topological polar surface area (TPSA) is 111 Å². The van der Waals surface area contributed by atoms with Crippen LogP contribution in [0.1, 0.15) is 58.5 Å². The number of anilines is 1. The molecular weight excluding hydrogens is 585 g/mol. The molecule has 0 aliphatic carbocycles. The number of amides is 2. The van der Waals surface area contributed by atoms with Gasteiger partial charge in [-0.2, -0.15) is 18.4 Å². The van der Waals surface area contributed by atoms with Gasteiger partial charge in [-0.15, -0.1) is 0 Å². The minimum absolute atomic E-state index is 0.0157. The van der Waals surface area contributed by atoms with Crippen LogP contribution >= 0.6 is 0 Å². The lowest BCUT2D eigenvalue weighted by Gasteiger charge is -2.43. The number of nitriles is 1. The minimum Gasteiger partial charge on any atom is -0.478 e. The van der Waals surface area contributed by atoms with Crippen LogP contribution in [0.2, 0.25) is 0 Å². The number of pyridine rings is 1. The van der Waals surface area contributed by atoms with Crippen LogP contribution in [-0.2, 0) is 6.18 Å². The molecule has 12 heteroatoms. The van der Waals surface area contributed by atoms with Crippen molar-refractivity contribution in [2.24, 2.45) is 0 Å². The molecule has 2 amide bonds. The summed E-state index contributed by atoms with van der Waals surface area (Å²) in [5.41, 5.74) is 0.853. The lowest BCUT2D eigenvalue weighted by molar-refractivity contribution is -0.138. The number of piperazine rings is 1. The van der Waals surface area contributed by atoms with E-state index in [-0.39, 0.29) is 36.6 Å². The van der Waals surface area contributed by atoms with E-state index in [1.165, 1.54) is 11.0 Å². The van der Waals surface area contributed by atoms with Crippen LogP contribution in [0.25, 0.3) is 11.1 Å². The number of carbonyl (C=O) groups is 2. The van der Waals surface area contributed by atoms with Gasteiger partial charge in [0.05, 0.1) is 34.9 Å². The van der Waals surface area contributed by atoms with Crippen LogP contribution in [0.3, 0.4) is 0 Å². The number of benzene rings is 2. The van der Waals surface area contributed by atoms with E-state index in [0.717, 1.165) is 30.2 Å². The molecule has 0 spiro atoms. The van der Waals surface area contributed by atoms with Crippen LogP contribution in [-0.4, -0.2) is 73.1 Å². The molecule has 236 valence electrons. The van der Waals surface area contributed by atoms with Gasteiger partial charge >= 0.3 is 6.18 Å². The van der Waals surface area contributed by atoms with Crippen LogP contribution in [0, 0.1) is 11.3 Å². The fourth-order valence-electron chi connectivity index (χ4n) is 5.95. The quantitative estimate of drug-likeness (QED) is 0.370. The second-order valence-corrected chi connectivity index (χ2v) is 11.1. The third-order valence-electron chi connectivity index (χ3n) is 8.24. The first kappa shape index (κ1) is 31.8. The summed E-state index contributed by atoms with van der Waals surface area (Å²) in [6.45, 7) is 6.35. The van der Waals surface area contributed by atoms with Gasteiger partial charge in [-0.1, -0.05) is 13.0 Å². The lowest BCUT2D eigenvalue weighted by Crippen LogP contribution is -2.55. The van der Waals surface area contributed by atoms with E-state index < -0.39 is 23.2 Å². The van der Waals surface area contributed by atoms with E-state index in [1.54, 1.807) is 18.3 Å². The predicted octanol–water partition coefficient (Wildman–Crippen LogP) is 4.87. The number of rotatable bonds is 8. The summed E-state index contributed by atoms with van der Waals surface area (Å²) >= 11 is 0. The van der Waals surface area contributed by atoms with Crippen molar-refractivity contribution in [1.29, 1.82) is 5.26 Å². The molecule has 2 fully saturated rings. The standard InChI is InChI=1S/C33H35F3N6O3/c1-3-24-20-41(32(44)26-9-7-21(18-37)16-28(26)33(34,35)36)14-15-42(24)29-10-8-22(25-6-5-12-39-31(25)45-4-2)17-27(29)30(43)40-23-11-13-38-19-23/h5-10,12,16-17,23-24,38H,3-4,11,13-15,19-20H2,1-2H3,(H,40,43)/t23-,24-/m1/s1. The first-order valence-electron chi connectivity index (χ1n) is 15.1. The summed E-state index contributed by atoms with van der Waals surface area (Å²) < 4.78 is 47.3. The number of nitrogens with one attached hydrogen (secondary N) is 2. The molecule has 2 atom stereocenters. The van der Waals surface area contributed by atoms with E-state index in [0.29, 0.717) is 49.3 Å². The maximum absolute atomic E-state index is 13.9. The number of aromatic nitrogens is 1. The predicted molar refractivity (Wildman–Crippen MR) is 163 cm³/mol. The number of carbonyl (C=O) groups excluding carboxylic acids is 2. The van der Waals surface area contributed by atoms with Crippen LogP contribution in [0.4, 0.5) is 18.9 Å². The van der Waals surface area contributed by atoms with Gasteiger partial charge in [0.15, 0.2) is 0 Å². The van der Waals surface area contributed by atoms with Gasteiger partial charge in [0.25, 0.3) is 11.8 Å². The van der Waals surface area contributed by atoms with Crippen molar-refractivity contribution in [3.05, 3.63) is 77.0 Å². The summed E-state index contributed by atoms with van der Waals surface area (Å²) in [5, 5.41) is 15.5. The Morgan fingerprint density at radius 1 is 1.13 bits per heavy atom. The number of hydrogen-bond donors (Lipinski definition) is 2. The molecule has 2 aliphatic heterocycles. The molecular formula is C33H35F3N6O3. The largest absolute Gasteiger partial charge is 0.478 e. The average Bonchev–Trinajstić information content (AvgIpc) is 3.56. The Balaban J connectivity index is 1.47. The number of nitrogens with zero attached hydrogens (tertiary/aromatic N) is 4. The van der Waals surface area contributed by atoms with Crippen molar-refractivity contribution in [1.82, 2.24) is 20.5 Å². The zero-order valence-electron chi connectivity index (χ0n) is 25.2. The molecule has 3 aromatic rings. The number of alkyl halides is 3. The summed E-state index contributed by atoms with van der Waals surface area (Å²) in [5.74, 6) is -0.520. The third kappa shape index (κ3) is 6.88. The fourth-order valence-corrected chi connectivity index (χ4v) is 5.95. The molecule has 2 aromatic carbocycles. The Morgan fingerprint density at radius 2 is 1.96 bits per heavy atom. The minimum atomic E-state index is -4.79. The molecule has 0 radical (unpaired) electrons. The summed E-state index contributed by atoms with van der Waals surface area (Å²) in [6, 6.07) is 13.7. The molecule has 2 aliphatic rings. The SMILES string of the molecule is CCOc1ncccc1-c1ccc(N2CCN(C(=O)c3ccc(C#N)cc3C(F)(F)F)C[C@H]2CC)c(C(=O)N[C@@H]2CCNC2)c1. The van der Waals surface area contributed by atoms with E-state index in [9.17, 15) is 22.8 Å². The lowest BCUT2D eigenvalue weighted by atomic mass is 9.98. The summed E-state index contributed by atoms with van der Waals surface area (Å²) in [7, 11) is 0. The molecule has 1 aromatic heterocycles. The molecule has 2 N–H and O–H groups in total. The Morgan fingerprint density at radius 3 is 2.64 bits per heavy atom. The second-order valence-electron chi connectivity index (χ2n) is 11.1. The molecule has 5 rings (SSSR count). The van der Waals surface area contributed by atoms with Gasteiger partial charge in [0.2, 0.25) is 5.88 Å². The van der Waals surface area contributed by atoms with E-state index in [4.69, 9.17) is 10.00 Å². The van der Waals surface area contributed by atoms with Gasteiger partial charge in [0.1, 0.15) is 0 Å². The van der Waals surface area contributed by atoms with Crippen LogP contribution < -0.4 is 20.3 Å². The van der Waals surface area contributed by atoms with Gasteiger partial charge in [-0.25, -0.2) is 4.98 Å². The third-order valence-corrected chi connectivity index (χ3v) is 8.24. The van der Waals surface area contributed by atoms with Gasteiger partial charge < -0.3 is 25.2 Å².